The molecule has 4 atom stereocenters. The molecule has 1 aliphatic carbocycles. The van der Waals surface area contributed by atoms with Crippen molar-refractivity contribution >= 4 is 29.0 Å². The zero-order valence-electron chi connectivity index (χ0n) is 27.0. The Bertz CT molecular complexity index is 1500. The molecule has 8 heteroatoms. The van der Waals surface area contributed by atoms with Crippen molar-refractivity contribution in [2.75, 3.05) is 23.8 Å². The van der Waals surface area contributed by atoms with Crippen LogP contribution in [0, 0.1) is 11.8 Å². The maximum absolute atomic E-state index is 14.3. The van der Waals surface area contributed by atoms with Crippen LogP contribution in [0.25, 0.3) is 0 Å². The Labute approximate surface area is 266 Å². The van der Waals surface area contributed by atoms with Gasteiger partial charge in [-0.1, -0.05) is 69.7 Å². The molecule has 0 heterocycles. The summed E-state index contributed by atoms with van der Waals surface area (Å²) in [4.78, 5) is 42.2. The molecule has 3 aromatic carbocycles. The highest BCUT2D eigenvalue weighted by Crippen LogP contribution is 2.48. The highest BCUT2D eigenvalue weighted by atomic mass is 16.5. The van der Waals surface area contributed by atoms with Crippen molar-refractivity contribution < 1.29 is 29.0 Å². The summed E-state index contributed by atoms with van der Waals surface area (Å²) in [6.07, 6.45) is 2.87. The number of para-hydroxylation sites is 2. The van der Waals surface area contributed by atoms with Crippen molar-refractivity contribution in [1.82, 2.24) is 0 Å². The van der Waals surface area contributed by atoms with Crippen LogP contribution in [-0.2, 0) is 27.2 Å². The number of hydrogen-bond donors (Lipinski definition) is 3. The molecular weight excluding hydrogens is 568 g/mol. The monoisotopic (exact) mass is 614 g/mol. The largest absolute Gasteiger partial charge is 0.490 e. The third-order valence-corrected chi connectivity index (χ3v) is 8.55. The van der Waals surface area contributed by atoms with Gasteiger partial charge in [0.25, 0.3) is 0 Å². The lowest BCUT2D eigenvalue weighted by Crippen LogP contribution is -2.56. The fourth-order valence-electron chi connectivity index (χ4n) is 6.26. The van der Waals surface area contributed by atoms with Crippen LogP contribution in [0.1, 0.15) is 76.5 Å². The Balaban J connectivity index is 1.83. The Morgan fingerprint density at radius 2 is 1.44 bits per heavy atom. The standard InChI is InChI=1S/C37H46N2O6/c1-6-10-21-45-30-20-19-26(22-31(30)44-9-4)32-33(35(41)38-27-17-13-11-15-24(27)7-2)29(40)23-37(5,43)34(32)36(42)39-28-18-14-12-16-25(28)8-3/h11-20,22,32-34,43H,6-10,21,23H2,1-5H3,(H,38,41)(H,39,42). The molecule has 0 spiro atoms. The minimum Gasteiger partial charge on any atom is -0.490 e. The van der Waals surface area contributed by atoms with E-state index in [0.29, 0.717) is 54.5 Å². The van der Waals surface area contributed by atoms with Crippen LogP contribution in [0.5, 0.6) is 11.5 Å². The molecule has 1 saturated carbocycles. The van der Waals surface area contributed by atoms with E-state index < -0.39 is 41.0 Å². The van der Waals surface area contributed by atoms with Crippen molar-refractivity contribution in [3.8, 4) is 11.5 Å². The van der Waals surface area contributed by atoms with Crippen LogP contribution in [0.15, 0.2) is 66.7 Å². The molecule has 8 nitrogen and oxygen atoms in total. The van der Waals surface area contributed by atoms with Crippen LogP contribution in [0.3, 0.4) is 0 Å². The van der Waals surface area contributed by atoms with Gasteiger partial charge in [0.2, 0.25) is 11.8 Å². The fourth-order valence-corrected chi connectivity index (χ4v) is 6.26. The minimum atomic E-state index is -1.73. The molecule has 45 heavy (non-hydrogen) atoms. The maximum atomic E-state index is 14.3. The number of carbonyl (C=O) groups is 3. The minimum absolute atomic E-state index is 0.346. The lowest BCUT2D eigenvalue weighted by atomic mass is 9.61. The Kier molecular flexibility index (Phi) is 11.4. The molecular formula is C37H46N2O6. The first-order valence-electron chi connectivity index (χ1n) is 16.1. The lowest BCUT2D eigenvalue weighted by molar-refractivity contribution is -0.150. The molecule has 0 saturated heterocycles. The molecule has 3 aromatic rings. The molecule has 0 aliphatic heterocycles. The van der Waals surface area contributed by atoms with Gasteiger partial charge in [0.05, 0.1) is 24.7 Å². The van der Waals surface area contributed by atoms with E-state index >= 15 is 0 Å². The number of benzene rings is 3. The van der Waals surface area contributed by atoms with E-state index in [1.807, 2.05) is 63.2 Å². The van der Waals surface area contributed by atoms with Crippen LogP contribution in [0.2, 0.25) is 0 Å². The number of unbranched alkanes of at least 4 members (excludes halogenated alkanes) is 1. The normalized spacial score (nSPS) is 21.2. The van der Waals surface area contributed by atoms with Crippen molar-refractivity contribution in [1.29, 1.82) is 0 Å². The van der Waals surface area contributed by atoms with E-state index in [9.17, 15) is 19.5 Å². The summed E-state index contributed by atoms with van der Waals surface area (Å²) in [6.45, 7) is 10.3. The van der Waals surface area contributed by atoms with Gasteiger partial charge in [-0.15, -0.1) is 0 Å². The van der Waals surface area contributed by atoms with Gasteiger partial charge in [-0.2, -0.15) is 0 Å². The van der Waals surface area contributed by atoms with Crippen molar-refractivity contribution in [3.05, 3.63) is 83.4 Å². The molecule has 3 N–H and O–H groups in total. The molecule has 1 aliphatic rings. The zero-order valence-corrected chi connectivity index (χ0v) is 27.0. The van der Waals surface area contributed by atoms with Gasteiger partial charge in [0, 0.05) is 23.7 Å². The highest BCUT2D eigenvalue weighted by molar-refractivity contribution is 6.10. The first-order chi connectivity index (χ1) is 21.6. The smallest absolute Gasteiger partial charge is 0.235 e. The number of carbonyl (C=O) groups excluding carboxylic acids is 3. The molecule has 2 amide bonds. The Morgan fingerprint density at radius 1 is 0.844 bits per heavy atom. The topological polar surface area (TPSA) is 114 Å². The third-order valence-electron chi connectivity index (χ3n) is 8.55. The SMILES string of the molecule is CCCCOc1ccc(C2C(C(=O)Nc3ccccc3CC)C(=O)CC(C)(O)C2C(=O)Nc2ccccc2CC)cc1OCC. The van der Waals surface area contributed by atoms with E-state index in [1.165, 1.54) is 6.92 Å². The second-order valence-electron chi connectivity index (χ2n) is 11.8. The maximum Gasteiger partial charge on any atom is 0.235 e. The van der Waals surface area contributed by atoms with Crippen molar-refractivity contribution in [3.63, 3.8) is 0 Å². The van der Waals surface area contributed by atoms with E-state index in [2.05, 4.69) is 17.6 Å². The summed E-state index contributed by atoms with van der Waals surface area (Å²) in [5.74, 6) is -3.80. The van der Waals surface area contributed by atoms with Crippen molar-refractivity contribution in [2.45, 2.75) is 78.2 Å². The number of anilines is 2. The van der Waals surface area contributed by atoms with E-state index in [4.69, 9.17) is 9.47 Å². The van der Waals surface area contributed by atoms with E-state index in [-0.39, 0.29) is 6.42 Å². The summed E-state index contributed by atoms with van der Waals surface area (Å²) < 4.78 is 11.9. The highest BCUT2D eigenvalue weighted by Gasteiger charge is 2.56. The second kappa shape index (κ2) is 15.2. The van der Waals surface area contributed by atoms with Crippen LogP contribution < -0.4 is 20.1 Å². The fraction of sp³-hybridized carbons (Fsp3) is 0.432. The number of amides is 2. The molecule has 1 fully saturated rings. The van der Waals surface area contributed by atoms with Crippen LogP contribution in [0.4, 0.5) is 11.4 Å². The molecule has 4 rings (SSSR count). The van der Waals surface area contributed by atoms with Gasteiger partial charge in [-0.25, -0.2) is 0 Å². The predicted octanol–water partition coefficient (Wildman–Crippen LogP) is 6.71. The van der Waals surface area contributed by atoms with Crippen LogP contribution >= 0.6 is 0 Å². The van der Waals surface area contributed by atoms with Gasteiger partial charge in [0.15, 0.2) is 11.5 Å². The van der Waals surface area contributed by atoms with Crippen molar-refractivity contribution in [2.24, 2.45) is 11.8 Å². The van der Waals surface area contributed by atoms with E-state index in [0.717, 1.165) is 24.0 Å². The molecule has 0 bridgehead atoms. The summed E-state index contributed by atoms with van der Waals surface area (Å²) in [7, 11) is 0. The Morgan fingerprint density at radius 3 is 2.02 bits per heavy atom. The average molecular weight is 615 g/mol. The number of nitrogens with one attached hydrogen (secondary N) is 2. The molecule has 0 radical (unpaired) electrons. The first kappa shape index (κ1) is 33.7. The number of aryl methyl sites for hydroxylation is 2. The number of rotatable bonds is 13. The van der Waals surface area contributed by atoms with Gasteiger partial charge in [-0.05, 0) is 74.1 Å². The zero-order chi connectivity index (χ0) is 32.6. The number of Topliss-reactive ketones (excluding diaryl/α,β-unsaturated/α-hetero) is 1. The second-order valence-corrected chi connectivity index (χ2v) is 11.8. The quantitative estimate of drug-likeness (QED) is 0.146. The molecule has 4 unspecified atom stereocenters. The third kappa shape index (κ3) is 7.74. The summed E-state index contributed by atoms with van der Waals surface area (Å²) in [6, 6.07) is 20.2. The van der Waals surface area contributed by atoms with Gasteiger partial charge >= 0.3 is 0 Å². The summed E-state index contributed by atoms with van der Waals surface area (Å²) in [5.41, 5.74) is 1.91. The van der Waals surface area contributed by atoms with Crippen LogP contribution in [-0.4, -0.2) is 41.5 Å². The molecule has 0 aromatic heterocycles. The summed E-state index contributed by atoms with van der Waals surface area (Å²) in [5, 5.41) is 17.8. The number of ketones is 1. The predicted molar refractivity (Wildman–Crippen MR) is 177 cm³/mol. The van der Waals surface area contributed by atoms with Gasteiger partial charge in [-0.3, -0.25) is 14.4 Å². The number of hydrogen-bond acceptors (Lipinski definition) is 6. The number of aliphatic hydroxyl groups is 1. The van der Waals surface area contributed by atoms with Gasteiger partial charge in [0.1, 0.15) is 11.7 Å². The van der Waals surface area contributed by atoms with E-state index in [1.54, 1.807) is 24.3 Å². The Hall–Kier alpha value is -4.17. The lowest BCUT2D eigenvalue weighted by Gasteiger charge is -2.44. The average Bonchev–Trinajstić information content (AvgIpc) is 3.01. The van der Waals surface area contributed by atoms with Gasteiger partial charge < -0.3 is 25.2 Å². The number of ether oxygens (including phenoxy) is 2. The first-order valence-corrected chi connectivity index (χ1v) is 16.1. The molecule has 240 valence electrons. The summed E-state index contributed by atoms with van der Waals surface area (Å²) >= 11 is 0.